The Hall–Kier alpha value is -4.44. The fourth-order valence-corrected chi connectivity index (χ4v) is 5.28. The van der Waals surface area contributed by atoms with Crippen molar-refractivity contribution in [3.8, 4) is 11.5 Å². The molecule has 1 amide bonds. The van der Waals surface area contributed by atoms with Crippen molar-refractivity contribution in [2.45, 2.75) is 32.7 Å². The van der Waals surface area contributed by atoms with Gasteiger partial charge in [0, 0.05) is 11.1 Å². The van der Waals surface area contributed by atoms with Crippen LogP contribution in [0.15, 0.2) is 66.8 Å². The predicted octanol–water partition coefficient (Wildman–Crippen LogP) is 5.61. The Morgan fingerprint density at radius 2 is 1.90 bits per heavy atom. The van der Waals surface area contributed by atoms with Gasteiger partial charge in [0.05, 0.1) is 25.0 Å². The molecule has 1 saturated heterocycles. The first-order chi connectivity index (χ1) is 19.3. The van der Waals surface area contributed by atoms with Gasteiger partial charge in [-0.3, -0.25) is 14.5 Å². The number of Topliss-reactive ketones (excluding diaryl/α,β-unsaturated/α-hetero) is 1. The van der Waals surface area contributed by atoms with Crippen LogP contribution in [0.1, 0.15) is 52.3 Å². The molecular weight excluding hydrogens is 532 g/mol. The first-order valence-corrected chi connectivity index (χ1v) is 13.6. The molecule has 1 aromatic heterocycles. The summed E-state index contributed by atoms with van der Waals surface area (Å²) >= 11 is 0.925. The number of carbonyl (C=O) groups excluding carboxylic acids is 3. The molecule has 1 aliphatic heterocycles. The summed E-state index contributed by atoms with van der Waals surface area (Å²) in [5.41, 5.74) is 1.02. The molecule has 1 aliphatic rings. The largest absolute Gasteiger partial charge is 0.507 e. The molecule has 2 aromatic carbocycles. The summed E-state index contributed by atoms with van der Waals surface area (Å²) in [7, 11) is 1.48. The lowest BCUT2D eigenvalue weighted by molar-refractivity contribution is -0.132. The zero-order valence-electron chi connectivity index (χ0n) is 22.5. The summed E-state index contributed by atoms with van der Waals surface area (Å²) in [4.78, 5) is 45.4. The average Bonchev–Trinajstić information content (AvgIpc) is 3.48. The molecule has 0 saturated carbocycles. The van der Waals surface area contributed by atoms with Gasteiger partial charge in [-0.2, -0.15) is 0 Å². The summed E-state index contributed by atoms with van der Waals surface area (Å²) in [6, 6.07) is 12.5. The van der Waals surface area contributed by atoms with Gasteiger partial charge < -0.3 is 19.3 Å². The average molecular weight is 563 g/mol. The van der Waals surface area contributed by atoms with Crippen LogP contribution in [0.4, 0.5) is 5.13 Å². The van der Waals surface area contributed by atoms with Crippen molar-refractivity contribution in [2.24, 2.45) is 0 Å². The molecule has 1 unspecified atom stereocenters. The summed E-state index contributed by atoms with van der Waals surface area (Å²) in [6.45, 7) is 7.80. The minimum Gasteiger partial charge on any atom is -0.507 e. The second kappa shape index (κ2) is 12.6. The topological polar surface area (TPSA) is 115 Å². The molecule has 0 aliphatic carbocycles. The highest BCUT2D eigenvalue weighted by Crippen LogP contribution is 2.46. The number of amides is 1. The van der Waals surface area contributed by atoms with Gasteiger partial charge in [-0.05, 0) is 43.7 Å². The minimum atomic E-state index is -1.07. The monoisotopic (exact) mass is 562 g/mol. The predicted molar refractivity (Wildman–Crippen MR) is 152 cm³/mol. The summed E-state index contributed by atoms with van der Waals surface area (Å²) in [5.74, 6) is -1.72. The summed E-state index contributed by atoms with van der Waals surface area (Å²) in [5, 5.41) is 11.5. The molecule has 40 heavy (non-hydrogen) atoms. The van der Waals surface area contributed by atoms with Crippen molar-refractivity contribution < 1.29 is 33.7 Å². The number of anilines is 1. The third-order valence-corrected chi connectivity index (χ3v) is 7.42. The Morgan fingerprint density at radius 1 is 1.18 bits per heavy atom. The van der Waals surface area contributed by atoms with Gasteiger partial charge in [-0.1, -0.05) is 55.5 Å². The van der Waals surface area contributed by atoms with E-state index in [1.54, 1.807) is 55.5 Å². The smallest absolute Gasteiger partial charge is 0.350 e. The van der Waals surface area contributed by atoms with E-state index in [0.29, 0.717) is 34.9 Å². The van der Waals surface area contributed by atoms with E-state index in [1.807, 2.05) is 0 Å². The normalized spacial score (nSPS) is 16.2. The molecule has 10 heteroatoms. The number of aliphatic hydroxyl groups is 1. The van der Waals surface area contributed by atoms with Crippen LogP contribution in [0.3, 0.4) is 0 Å². The van der Waals surface area contributed by atoms with E-state index in [4.69, 9.17) is 14.2 Å². The number of benzene rings is 2. The van der Waals surface area contributed by atoms with Gasteiger partial charge in [-0.25, -0.2) is 9.78 Å². The lowest BCUT2D eigenvalue weighted by Gasteiger charge is -2.24. The number of nitrogens with zero attached hydrogens (tertiary/aromatic N) is 2. The number of carbonyl (C=O) groups is 3. The first-order valence-electron chi connectivity index (χ1n) is 12.7. The molecule has 3 aromatic rings. The van der Waals surface area contributed by atoms with Crippen LogP contribution < -0.4 is 14.4 Å². The Labute approximate surface area is 236 Å². The highest BCUT2D eigenvalue weighted by atomic mass is 32.1. The minimum absolute atomic E-state index is 0.0136. The highest BCUT2D eigenvalue weighted by Gasteiger charge is 2.49. The Kier molecular flexibility index (Phi) is 9.00. The van der Waals surface area contributed by atoms with Crippen LogP contribution in [-0.4, -0.2) is 48.1 Å². The van der Waals surface area contributed by atoms with Crippen molar-refractivity contribution >= 4 is 39.9 Å². The number of hydrogen-bond donors (Lipinski definition) is 1. The van der Waals surface area contributed by atoms with Crippen LogP contribution >= 0.6 is 11.3 Å². The van der Waals surface area contributed by atoms with Crippen LogP contribution in [0.5, 0.6) is 11.5 Å². The van der Waals surface area contributed by atoms with Gasteiger partial charge in [0.15, 0.2) is 5.13 Å². The zero-order chi connectivity index (χ0) is 28.8. The lowest BCUT2D eigenvalue weighted by atomic mass is 9.94. The van der Waals surface area contributed by atoms with Gasteiger partial charge in [0.1, 0.15) is 34.8 Å². The number of aryl methyl sites for hydroxylation is 1. The third kappa shape index (κ3) is 5.62. The van der Waals surface area contributed by atoms with E-state index >= 15 is 0 Å². The maximum Gasteiger partial charge on any atom is 0.350 e. The maximum atomic E-state index is 13.5. The zero-order valence-corrected chi connectivity index (χ0v) is 23.3. The maximum absolute atomic E-state index is 13.5. The molecule has 208 valence electrons. The van der Waals surface area contributed by atoms with E-state index in [1.165, 1.54) is 18.1 Å². The van der Waals surface area contributed by atoms with Crippen LogP contribution in [0.25, 0.3) is 5.76 Å². The van der Waals surface area contributed by atoms with Crippen molar-refractivity contribution in [1.82, 2.24) is 4.98 Å². The van der Waals surface area contributed by atoms with Crippen LogP contribution in [0.2, 0.25) is 0 Å². The number of ether oxygens (including phenoxy) is 3. The van der Waals surface area contributed by atoms with E-state index in [-0.39, 0.29) is 27.9 Å². The third-order valence-electron chi connectivity index (χ3n) is 6.28. The molecule has 0 spiro atoms. The molecule has 0 radical (unpaired) electrons. The second-order valence-electron chi connectivity index (χ2n) is 8.94. The SMILES string of the molecule is C=CCOC(=O)c1sc(N2C(=O)C(=O)/C(=C(/O)c3ccc(OCCCC)cc3)C2c2ccccc2OC)nc1C. The molecule has 9 nitrogen and oxygen atoms in total. The Balaban J connectivity index is 1.83. The van der Waals surface area contributed by atoms with Gasteiger partial charge in [-0.15, -0.1) is 0 Å². The molecular formula is C30H30N2O7S. The summed E-state index contributed by atoms with van der Waals surface area (Å²) in [6.07, 6.45) is 3.35. The number of para-hydroxylation sites is 1. The Morgan fingerprint density at radius 3 is 2.58 bits per heavy atom. The lowest BCUT2D eigenvalue weighted by Crippen LogP contribution is -2.29. The number of hydrogen-bond acceptors (Lipinski definition) is 9. The second-order valence-corrected chi connectivity index (χ2v) is 9.91. The fraction of sp³-hybridized carbons (Fsp3) is 0.267. The van der Waals surface area contributed by atoms with Gasteiger partial charge in [0.25, 0.3) is 5.78 Å². The number of unbranched alkanes of at least 4 members (excludes halogenated alkanes) is 1. The first kappa shape index (κ1) is 28.6. The number of ketones is 1. The number of aromatic nitrogens is 1. The van der Waals surface area contributed by atoms with E-state index in [2.05, 4.69) is 18.5 Å². The Bertz CT molecular complexity index is 1460. The molecule has 1 fully saturated rings. The highest BCUT2D eigenvalue weighted by molar-refractivity contribution is 7.17. The van der Waals surface area contributed by atoms with Crippen LogP contribution in [-0.2, 0) is 14.3 Å². The van der Waals surface area contributed by atoms with E-state index in [0.717, 1.165) is 24.2 Å². The quantitative estimate of drug-likeness (QED) is 0.0801. The number of methoxy groups -OCH3 is 1. The van der Waals surface area contributed by atoms with E-state index < -0.39 is 23.7 Å². The number of aliphatic hydroxyl groups excluding tert-OH is 1. The van der Waals surface area contributed by atoms with Gasteiger partial charge in [0.2, 0.25) is 0 Å². The molecule has 0 bridgehead atoms. The van der Waals surface area contributed by atoms with Crippen LogP contribution in [0, 0.1) is 6.92 Å². The molecule has 4 rings (SSSR count). The van der Waals surface area contributed by atoms with Crippen molar-refractivity contribution in [3.05, 3.63) is 88.5 Å². The molecule has 1 atom stereocenters. The standard InChI is InChI=1S/C30H30N2O7S/c1-5-7-17-38-20-14-12-19(13-15-20)25(33)23-24(21-10-8-9-11-22(21)37-4)32(28(35)26(23)34)30-31-18(3)27(40-30)29(36)39-16-6-2/h6,8-15,24,33H,2,5,7,16-17H2,1,3-4H3/b25-23+. The van der Waals surface area contributed by atoms with Crippen molar-refractivity contribution in [3.63, 3.8) is 0 Å². The molecule has 1 N–H and O–H groups in total. The van der Waals surface area contributed by atoms with Crippen molar-refractivity contribution in [1.29, 1.82) is 0 Å². The van der Waals surface area contributed by atoms with Gasteiger partial charge >= 0.3 is 11.9 Å². The number of rotatable bonds is 11. The fourth-order valence-electron chi connectivity index (χ4n) is 4.29. The number of thiazole rings is 1. The summed E-state index contributed by atoms with van der Waals surface area (Å²) < 4.78 is 16.4. The van der Waals surface area contributed by atoms with Crippen molar-refractivity contribution in [2.75, 3.05) is 25.2 Å². The molecule has 2 heterocycles. The van der Waals surface area contributed by atoms with E-state index in [9.17, 15) is 19.5 Å². The number of esters is 1.